The molecule has 0 radical (unpaired) electrons. The Kier molecular flexibility index (Phi) is 4.18. The molecule has 3 heteroatoms. The number of hydrazine groups is 1. The molecule has 3 N–H and O–H groups in total. The smallest absolute Gasteiger partial charge is 0.0216 e. The second-order valence-corrected chi connectivity index (χ2v) is 5.55. The summed E-state index contributed by atoms with van der Waals surface area (Å²) in [4.78, 5) is 1.48. The summed E-state index contributed by atoms with van der Waals surface area (Å²) in [6.07, 6.45) is 7.86. The average Bonchev–Trinajstić information content (AvgIpc) is 2.68. The van der Waals surface area contributed by atoms with E-state index in [0.717, 1.165) is 5.92 Å². The van der Waals surface area contributed by atoms with Gasteiger partial charge in [0.05, 0.1) is 0 Å². The highest BCUT2D eigenvalue weighted by atomic mass is 32.1. The minimum Gasteiger partial charge on any atom is -0.271 e. The topological polar surface area (TPSA) is 38.0 Å². The number of rotatable bonds is 6. The van der Waals surface area contributed by atoms with Crippen molar-refractivity contribution in [2.24, 2.45) is 11.8 Å². The van der Waals surface area contributed by atoms with Crippen LogP contribution < -0.4 is 11.3 Å². The standard InChI is InChI=1S/C12H20N2S/c13-14-11(9-10-3-1-4-10)6-7-12-5-2-8-15-12/h2,5,8,10-11,14H,1,3-4,6-7,9,13H2. The van der Waals surface area contributed by atoms with Gasteiger partial charge in [-0.1, -0.05) is 25.3 Å². The zero-order valence-corrected chi connectivity index (χ0v) is 9.93. The summed E-state index contributed by atoms with van der Waals surface area (Å²) in [5.74, 6) is 6.53. The Morgan fingerprint density at radius 1 is 1.53 bits per heavy atom. The van der Waals surface area contributed by atoms with Crippen LogP contribution in [-0.4, -0.2) is 6.04 Å². The van der Waals surface area contributed by atoms with Gasteiger partial charge >= 0.3 is 0 Å². The van der Waals surface area contributed by atoms with Crippen molar-refractivity contribution in [1.82, 2.24) is 5.43 Å². The molecule has 0 saturated heterocycles. The van der Waals surface area contributed by atoms with Gasteiger partial charge in [0.2, 0.25) is 0 Å². The predicted octanol–water partition coefficient (Wildman–Crippen LogP) is 2.70. The van der Waals surface area contributed by atoms with Crippen LogP contribution in [0.3, 0.4) is 0 Å². The lowest BCUT2D eigenvalue weighted by Crippen LogP contribution is -2.38. The zero-order valence-electron chi connectivity index (χ0n) is 9.11. The highest BCUT2D eigenvalue weighted by Gasteiger charge is 2.21. The number of aryl methyl sites for hydroxylation is 1. The number of thiophene rings is 1. The fourth-order valence-corrected chi connectivity index (χ4v) is 2.90. The SMILES string of the molecule is NNC(CCc1cccs1)CC1CCC1. The molecule has 1 aliphatic rings. The van der Waals surface area contributed by atoms with E-state index < -0.39 is 0 Å². The first-order valence-corrected chi connectivity index (χ1v) is 6.75. The van der Waals surface area contributed by atoms with Gasteiger partial charge < -0.3 is 0 Å². The van der Waals surface area contributed by atoms with Crippen LogP contribution in [0.5, 0.6) is 0 Å². The van der Waals surface area contributed by atoms with Crippen molar-refractivity contribution in [3.8, 4) is 0 Å². The van der Waals surface area contributed by atoms with Crippen molar-refractivity contribution in [3.63, 3.8) is 0 Å². The lowest BCUT2D eigenvalue weighted by molar-refractivity contribution is 0.255. The minimum atomic E-state index is 0.511. The maximum atomic E-state index is 5.59. The molecular formula is C12H20N2S. The Labute approximate surface area is 95.8 Å². The van der Waals surface area contributed by atoms with Gasteiger partial charge in [0.25, 0.3) is 0 Å². The summed E-state index contributed by atoms with van der Waals surface area (Å²) in [5, 5.41) is 2.14. The van der Waals surface area contributed by atoms with Gasteiger partial charge in [-0.3, -0.25) is 11.3 Å². The molecule has 2 rings (SSSR count). The van der Waals surface area contributed by atoms with Crippen LogP contribution >= 0.6 is 11.3 Å². The molecule has 0 bridgehead atoms. The Balaban J connectivity index is 1.70. The van der Waals surface area contributed by atoms with E-state index in [1.807, 2.05) is 11.3 Å². The van der Waals surface area contributed by atoms with Gasteiger partial charge in [-0.25, -0.2) is 0 Å². The molecule has 1 aromatic heterocycles. The van der Waals surface area contributed by atoms with E-state index in [1.165, 1.54) is 43.4 Å². The van der Waals surface area contributed by atoms with Crippen LogP contribution in [0, 0.1) is 5.92 Å². The maximum absolute atomic E-state index is 5.59. The van der Waals surface area contributed by atoms with E-state index in [9.17, 15) is 0 Å². The number of hydrogen-bond donors (Lipinski definition) is 2. The second kappa shape index (κ2) is 5.64. The molecule has 2 nitrogen and oxygen atoms in total. The van der Waals surface area contributed by atoms with Crippen LogP contribution in [0.25, 0.3) is 0 Å². The Morgan fingerprint density at radius 2 is 2.40 bits per heavy atom. The maximum Gasteiger partial charge on any atom is 0.0216 e. The highest BCUT2D eigenvalue weighted by Crippen LogP contribution is 2.31. The van der Waals surface area contributed by atoms with E-state index in [4.69, 9.17) is 5.84 Å². The fraction of sp³-hybridized carbons (Fsp3) is 0.667. The first-order chi connectivity index (χ1) is 7.38. The molecule has 1 unspecified atom stereocenters. The average molecular weight is 224 g/mol. The number of nitrogens with two attached hydrogens (primary N) is 1. The quantitative estimate of drug-likeness (QED) is 0.576. The lowest BCUT2D eigenvalue weighted by atomic mass is 9.80. The number of hydrogen-bond acceptors (Lipinski definition) is 3. The van der Waals surface area contributed by atoms with E-state index in [-0.39, 0.29) is 0 Å². The third kappa shape index (κ3) is 3.30. The van der Waals surface area contributed by atoms with Crippen molar-refractivity contribution < 1.29 is 0 Å². The van der Waals surface area contributed by atoms with Crippen molar-refractivity contribution in [1.29, 1.82) is 0 Å². The zero-order chi connectivity index (χ0) is 10.5. The van der Waals surface area contributed by atoms with E-state index in [0.29, 0.717) is 6.04 Å². The fourth-order valence-electron chi connectivity index (χ4n) is 2.17. The minimum absolute atomic E-state index is 0.511. The summed E-state index contributed by atoms with van der Waals surface area (Å²) < 4.78 is 0. The van der Waals surface area contributed by atoms with Gasteiger partial charge in [-0.15, -0.1) is 11.3 Å². The molecule has 1 aliphatic carbocycles. The van der Waals surface area contributed by atoms with Crippen LogP contribution in [0.1, 0.15) is 37.0 Å². The monoisotopic (exact) mass is 224 g/mol. The summed E-state index contributed by atoms with van der Waals surface area (Å²) >= 11 is 1.85. The summed E-state index contributed by atoms with van der Waals surface area (Å²) in [6.45, 7) is 0. The van der Waals surface area contributed by atoms with Crippen LogP contribution in [0.15, 0.2) is 17.5 Å². The van der Waals surface area contributed by atoms with Crippen molar-refractivity contribution in [2.75, 3.05) is 0 Å². The third-order valence-corrected chi connectivity index (χ3v) is 4.33. The van der Waals surface area contributed by atoms with Gasteiger partial charge in [0.1, 0.15) is 0 Å². The van der Waals surface area contributed by atoms with Crippen LogP contribution in [0.2, 0.25) is 0 Å². The lowest BCUT2D eigenvalue weighted by Gasteiger charge is -2.29. The first kappa shape index (κ1) is 11.1. The molecule has 0 amide bonds. The Morgan fingerprint density at radius 3 is 2.93 bits per heavy atom. The molecule has 1 atom stereocenters. The second-order valence-electron chi connectivity index (χ2n) is 4.51. The van der Waals surface area contributed by atoms with E-state index in [2.05, 4.69) is 22.9 Å². The van der Waals surface area contributed by atoms with Crippen LogP contribution in [-0.2, 0) is 6.42 Å². The van der Waals surface area contributed by atoms with Crippen molar-refractivity contribution >= 4 is 11.3 Å². The Bertz CT molecular complexity index is 267. The number of nitrogens with one attached hydrogen (secondary N) is 1. The van der Waals surface area contributed by atoms with Crippen LogP contribution in [0.4, 0.5) is 0 Å². The predicted molar refractivity (Wildman–Crippen MR) is 65.7 cm³/mol. The van der Waals surface area contributed by atoms with Gasteiger partial charge in [0, 0.05) is 10.9 Å². The van der Waals surface area contributed by atoms with E-state index in [1.54, 1.807) is 0 Å². The molecular weight excluding hydrogens is 204 g/mol. The first-order valence-electron chi connectivity index (χ1n) is 5.87. The molecule has 1 heterocycles. The molecule has 1 fully saturated rings. The highest BCUT2D eigenvalue weighted by molar-refractivity contribution is 7.09. The van der Waals surface area contributed by atoms with Gasteiger partial charge in [-0.05, 0) is 36.6 Å². The Hall–Kier alpha value is -0.380. The molecule has 0 aliphatic heterocycles. The third-order valence-electron chi connectivity index (χ3n) is 3.40. The van der Waals surface area contributed by atoms with Crippen molar-refractivity contribution in [2.45, 2.75) is 44.6 Å². The molecule has 0 spiro atoms. The summed E-state index contributed by atoms with van der Waals surface area (Å²) in [7, 11) is 0. The molecule has 15 heavy (non-hydrogen) atoms. The largest absolute Gasteiger partial charge is 0.271 e. The van der Waals surface area contributed by atoms with E-state index >= 15 is 0 Å². The summed E-state index contributed by atoms with van der Waals surface area (Å²) in [6, 6.07) is 4.84. The van der Waals surface area contributed by atoms with Crippen molar-refractivity contribution in [3.05, 3.63) is 22.4 Å². The molecule has 0 aromatic carbocycles. The summed E-state index contributed by atoms with van der Waals surface area (Å²) in [5.41, 5.74) is 2.97. The normalized spacial score (nSPS) is 18.7. The van der Waals surface area contributed by atoms with Gasteiger partial charge in [0.15, 0.2) is 0 Å². The molecule has 1 aromatic rings. The molecule has 1 saturated carbocycles. The van der Waals surface area contributed by atoms with Gasteiger partial charge in [-0.2, -0.15) is 0 Å². The molecule has 84 valence electrons.